The number of ether oxygens (including phenoxy) is 2. The largest absolute Gasteiger partial charge is 0.457 e. The molecule has 2 aliphatic heterocycles. The van der Waals surface area contributed by atoms with Gasteiger partial charge in [-0.05, 0) is 55.4 Å². The summed E-state index contributed by atoms with van der Waals surface area (Å²) in [4.78, 5) is 56.2. The molecule has 0 spiro atoms. The van der Waals surface area contributed by atoms with Crippen molar-refractivity contribution in [2.24, 2.45) is 0 Å². The first-order valence-electron chi connectivity index (χ1n) is 14.2. The first kappa shape index (κ1) is 28.0. The number of amides is 1. The van der Waals surface area contributed by atoms with Gasteiger partial charge in [-0.15, -0.1) is 0 Å². The molecular weight excluding hydrogens is 545 g/mol. The highest BCUT2D eigenvalue weighted by atomic mass is 19.1. The van der Waals surface area contributed by atoms with Crippen LogP contribution in [0, 0.1) is 12.7 Å². The standard InChI is InChI=1S/C31H32FN3O7/c1-5-31(42-16(4)38)21-10-25-28-19(12-35(25)29(39)20(21)13-41-30(31)40)26-18(23(8-9-36)33-15(3)37)7-6-17-14(2)22(32)11-24(34-28)27(17)26/h10-11,18,23,36H,5-9,12-13H2,1-4H3,(H,33,37)/t18-,23+,31-/m0/s1. The fourth-order valence-corrected chi connectivity index (χ4v) is 7.17. The maximum absolute atomic E-state index is 15.2. The molecule has 0 bridgehead atoms. The molecule has 3 aromatic rings. The van der Waals surface area contributed by atoms with Crippen molar-refractivity contribution in [2.75, 3.05) is 6.61 Å². The van der Waals surface area contributed by atoms with E-state index < -0.39 is 29.1 Å². The van der Waals surface area contributed by atoms with Gasteiger partial charge in [0.1, 0.15) is 12.4 Å². The molecule has 11 heteroatoms. The summed E-state index contributed by atoms with van der Waals surface area (Å²) in [5, 5.41) is 13.7. The zero-order valence-electron chi connectivity index (χ0n) is 23.9. The van der Waals surface area contributed by atoms with Crippen molar-refractivity contribution in [1.82, 2.24) is 14.9 Å². The van der Waals surface area contributed by atoms with Crippen LogP contribution < -0.4 is 10.9 Å². The third-order valence-electron chi connectivity index (χ3n) is 9.02. The molecule has 0 fully saturated rings. The topological polar surface area (TPSA) is 137 Å². The maximum atomic E-state index is 15.2. The first-order valence-corrected chi connectivity index (χ1v) is 14.2. The minimum Gasteiger partial charge on any atom is -0.457 e. The first-order chi connectivity index (χ1) is 20.0. The Hall–Kier alpha value is -4.12. The molecular formula is C31H32FN3O7. The second-order valence-electron chi connectivity index (χ2n) is 11.3. The average molecular weight is 578 g/mol. The molecule has 0 radical (unpaired) electrons. The number of benzene rings is 1. The minimum atomic E-state index is -1.78. The number of aromatic nitrogens is 2. The Bertz CT molecular complexity index is 1760. The number of cyclic esters (lactones) is 1. The highest BCUT2D eigenvalue weighted by molar-refractivity contribution is 5.93. The lowest BCUT2D eigenvalue weighted by atomic mass is 9.74. The summed E-state index contributed by atoms with van der Waals surface area (Å²) in [5.74, 6) is -2.27. The van der Waals surface area contributed by atoms with Crippen molar-refractivity contribution >= 4 is 28.7 Å². The molecule has 3 aliphatic rings. The van der Waals surface area contributed by atoms with Crippen LogP contribution >= 0.6 is 0 Å². The third kappa shape index (κ3) is 3.97. The number of pyridine rings is 2. The van der Waals surface area contributed by atoms with Gasteiger partial charge in [0, 0.05) is 55.0 Å². The van der Waals surface area contributed by atoms with Gasteiger partial charge < -0.3 is 24.5 Å². The number of esters is 2. The van der Waals surface area contributed by atoms with Crippen LogP contribution in [-0.4, -0.2) is 45.2 Å². The van der Waals surface area contributed by atoms with Crippen molar-refractivity contribution in [3.05, 3.63) is 61.7 Å². The summed E-state index contributed by atoms with van der Waals surface area (Å²) >= 11 is 0. The molecule has 1 aromatic carbocycles. The average Bonchev–Trinajstić information content (AvgIpc) is 3.31. The molecule has 6 rings (SSSR count). The molecule has 0 saturated carbocycles. The maximum Gasteiger partial charge on any atom is 0.355 e. The number of halogens is 1. The van der Waals surface area contributed by atoms with E-state index in [1.54, 1.807) is 24.5 Å². The molecule has 220 valence electrons. The highest BCUT2D eigenvalue weighted by Gasteiger charge is 2.50. The number of nitrogens with one attached hydrogen (secondary N) is 1. The fourth-order valence-electron chi connectivity index (χ4n) is 7.17. The second kappa shape index (κ2) is 10.0. The van der Waals surface area contributed by atoms with Gasteiger partial charge in [0.15, 0.2) is 0 Å². The van der Waals surface area contributed by atoms with E-state index in [1.807, 2.05) is 0 Å². The van der Waals surface area contributed by atoms with E-state index in [0.29, 0.717) is 41.7 Å². The zero-order chi connectivity index (χ0) is 30.1. The Morgan fingerprint density at radius 1 is 1.26 bits per heavy atom. The van der Waals surface area contributed by atoms with E-state index in [2.05, 4.69) is 5.32 Å². The number of hydrogen-bond acceptors (Lipinski definition) is 8. The predicted octanol–water partition coefficient (Wildman–Crippen LogP) is 3.01. The van der Waals surface area contributed by atoms with Gasteiger partial charge in [-0.3, -0.25) is 14.4 Å². The van der Waals surface area contributed by atoms with Crippen molar-refractivity contribution in [3.63, 3.8) is 0 Å². The molecule has 3 atom stereocenters. The van der Waals surface area contributed by atoms with Crippen molar-refractivity contribution in [2.45, 2.75) is 84.1 Å². The number of fused-ring (bicyclic) bond motifs is 5. The van der Waals surface area contributed by atoms with Crippen LogP contribution in [0.2, 0.25) is 0 Å². The highest BCUT2D eigenvalue weighted by Crippen LogP contribution is 2.48. The number of hydrogen-bond donors (Lipinski definition) is 2. The molecule has 0 unspecified atom stereocenters. The molecule has 0 saturated heterocycles. The summed E-state index contributed by atoms with van der Waals surface area (Å²) in [6.07, 6.45) is 1.55. The van der Waals surface area contributed by atoms with Crippen LogP contribution in [0.5, 0.6) is 0 Å². The Labute approximate surface area is 240 Å². The van der Waals surface area contributed by atoms with E-state index >= 15 is 4.39 Å². The summed E-state index contributed by atoms with van der Waals surface area (Å²) in [5.41, 5.74) is 2.67. The molecule has 1 aliphatic carbocycles. The molecule has 1 amide bonds. The Morgan fingerprint density at radius 3 is 2.69 bits per heavy atom. The molecule has 2 N–H and O–H groups in total. The van der Waals surface area contributed by atoms with Gasteiger partial charge in [0.2, 0.25) is 11.5 Å². The summed E-state index contributed by atoms with van der Waals surface area (Å²) in [6.45, 7) is 5.82. The van der Waals surface area contributed by atoms with Gasteiger partial charge in [-0.1, -0.05) is 6.92 Å². The van der Waals surface area contributed by atoms with E-state index in [4.69, 9.17) is 14.5 Å². The molecule has 42 heavy (non-hydrogen) atoms. The Kier molecular flexibility index (Phi) is 6.68. The van der Waals surface area contributed by atoms with E-state index in [9.17, 15) is 24.3 Å². The van der Waals surface area contributed by atoms with E-state index in [0.717, 1.165) is 22.1 Å². The number of aliphatic hydroxyl groups excluding tert-OH is 1. The van der Waals surface area contributed by atoms with Crippen LogP contribution in [0.25, 0.3) is 22.3 Å². The van der Waals surface area contributed by atoms with Crippen LogP contribution in [0.1, 0.15) is 79.3 Å². The van der Waals surface area contributed by atoms with Crippen molar-refractivity contribution in [1.29, 1.82) is 0 Å². The van der Waals surface area contributed by atoms with Crippen LogP contribution in [-0.2, 0) is 49.0 Å². The zero-order valence-corrected chi connectivity index (χ0v) is 23.9. The van der Waals surface area contributed by atoms with Gasteiger partial charge in [-0.2, -0.15) is 0 Å². The number of carbonyl (C=O) groups excluding carboxylic acids is 3. The van der Waals surface area contributed by atoms with Crippen molar-refractivity contribution < 1.29 is 33.4 Å². The van der Waals surface area contributed by atoms with E-state index in [1.165, 1.54) is 19.9 Å². The Morgan fingerprint density at radius 2 is 2.02 bits per heavy atom. The lowest BCUT2D eigenvalue weighted by Gasteiger charge is -2.35. The normalized spacial score (nSPS) is 20.8. The Balaban J connectivity index is 1.65. The van der Waals surface area contributed by atoms with Gasteiger partial charge >= 0.3 is 11.9 Å². The smallest absolute Gasteiger partial charge is 0.355 e. The lowest BCUT2D eigenvalue weighted by Crippen LogP contribution is -2.47. The summed E-state index contributed by atoms with van der Waals surface area (Å²) in [6, 6.07) is 2.67. The number of nitrogens with zero attached hydrogens (tertiary/aromatic N) is 2. The summed E-state index contributed by atoms with van der Waals surface area (Å²) in [7, 11) is 0. The molecule has 2 aromatic heterocycles. The van der Waals surface area contributed by atoms with Gasteiger partial charge in [0.05, 0.1) is 29.0 Å². The van der Waals surface area contributed by atoms with E-state index in [-0.39, 0.29) is 54.9 Å². The molecule has 10 nitrogen and oxygen atoms in total. The monoisotopic (exact) mass is 577 g/mol. The molecule has 4 heterocycles. The lowest BCUT2D eigenvalue weighted by molar-refractivity contribution is -0.188. The van der Waals surface area contributed by atoms with Gasteiger partial charge in [0.25, 0.3) is 5.56 Å². The predicted molar refractivity (Wildman–Crippen MR) is 149 cm³/mol. The van der Waals surface area contributed by atoms with Crippen LogP contribution in [0.15, 0.2) is 16.9 Å². The number of aliphatic hydroxyl groups is 1. The fraction of sp³-hybridized carbons (Fsp3) is 0.452. The minimum absolute atomic E-state index is 0.0556. The van der Waals surface area contributed by atoms with Gasteiger partial charge in [-0.25, -0.2) is 14.2 Å². The SMILES string of the molecule is CC[C@@]1(OC(C)=O)C(=O)OCc2c1cc1n(c2=O)Cc2c-1nc1cc(F)c(C)c3c1c2[C@H]([C@@H](CCO)NC(C)=O)CC3. The van der Waals surface area contributed by atoms with Crippen LogP contribution in [0.4, 0.5) is 4.39 Å². The number of rotatable bonds is 6. The quantitative estimate of drug-likeness (QED) is 0.334. The summed E-state index contributed by atoms with van der Waals surface area (Å²) < 4.78 is 27.6. The number of carbonyl (C=O) groups is 3. The second-order valence-corrected chi connectivity index (χ2v) is 11.3. The van der Waals surface area contributed by atoms with Crippen molar-refractivity contribution in [3.8, 4) is 11.4 Å². The van der Waals surface area contributed by atoms with Crippen LogP contribution in [0.3, 0.4) is 0 Å². The number of aryl methyl sites for hydroxylation is 1. The third-order valence-corrected chi connectivity index (χ3v) is 9.02.